The molecule has 0 radical (unpaired) electrons. The zero-order chi connectivity index (χ0) is 13.8. The second-order valence-electron chi connectivity index (χ2n) is 4.22. The van der Waals surface area contributed by atoms with Gasteiger partial charge in [0.05, 0.1) is 6.07 Å². The molecule has 1 unspecified atom stereocenters. The van der Waals surface area contributed by atoms with E-state index in [1.165, 1.54) is 6.07 Å². The monoisotopic (exact) mass is 318 g/mol. The Hall–Kier alpha value is -1.86. The van der Waals surface area contributed by atoms with Gasteiger partial charge in [-0.25, -0.2) is 4.39 Å². The van der Waals surface area contributed by atoms with Crippen molar-refractivity contribution in [1.29, 1.82) is 5.26 Å². The third kappa shape index (κ3) is 3.33. The highest BCUT2D eigenvalue weighted by Crippen LogP contribution is 2.22. The van der Waals surface area contributed by atoms with Crippen LogP contribution in [0.15, 0.2) is 46.9 Å². The van der Waals surface area contributed by atoms with Crippen molar-refractivity contribution in [3.05, 3.63) is 63.9 Å². The molecule has 0 fully saturated rings. The molecule has 2 rings (SSSR count). The van der Waals surface area contributed by atoms with Crippen molar-refractivity contribution in [3.8, 4) is 6.07 Å². The summed E-state index contributed by atoms with van der Waals surface area (Å²) in [6.45, 7) is 1.69. The lowest BCUT2D eigenvalue weighted by atomic mass is 10.0. The van der Waals surface area contributed by atoms with Crippen molar-refractivity contribution >= 4 is 21.6 Å². The van der Waals surface area contributed by atoms with Crippen molar-refractivity contribution in [1.82, 2.24) is 0 Å². The first kappa shape index (κ1) is 13.6. The molecule has 96 valence electrons. The van der Waals surface area contributed by atoms with E-state index in [4.69, 9.17) is 0 Å². The molecular formula is C15H12BrFN2. The third-order valence-electron chi connectivity index (χ3n) is 2.80. The van der Waals surface area contributed by atoms with E-state index < -0.39 is 6.04 Å². The molecule has 0 bridgehead atoms. The lowest BCUT2D eigenvalue weighted by Gasteiger charge is -2.14. The summed E-state index contributed by atoms with van der Waals surface area (Å²) in [7, 11) is 0. The van der Waals surface area contributed by atoms with E-state index in [9.17, 15) is 9.65 Å². The van der Waals surface area contributed by atoms with Gasteiger partial charge in [0.2, 0.25) is 0 Å². The molecule has 0 spiro atoms. The van der Waals surface area contributed by atoms with Crippen molar-refractivity contribution < 1.29 is 4.39 Å². The number of nitrogens with one attached hydrogen (secondary N) is 1. The van der Waals surface area contributed by atoms with Gasteiger partial charge >= 0.3 is 0 Å². The molecule has 2 aromatic rings. The van der Waals surface area contributed by atoms with Crippen molar-refractivity contribution in [2.24, 2.45) is 0 Å². The second kappa shape index (κ2) is 5.85. The number of benzene rings is 2. The molecule has 0 aliphatic carbocycles. The second-order valence-corrected chi connectivity index (χ2v) is 5.14. The molecule has 0 saturated heterocycles. The molecule has 1 atom stereocenters. The molecule has 0 aromatic heterocycles. The van der Waals surface area contributed by atoms with Gasteiger partial charge in [0.25, 0.3) is 0 Å². The Balaban J connectivity index is 2.23. The van der Waals surface area contributed by atoms with Crippen LogP contribution in [0.3, 0.4) is 0 Å². The lowest BCUT2D eigenvalue weighted by molar-refractivity contribution is 0.617. The number of nitrogens with zero attached hydrogens (tertiary/aromatic N) is 1. The number of hydrogen-bond donors (Lipinski definition) is 1. The highest BCUT2D eigenvalue weighted by molar-refractivity contribution is 9.10. The Kier molecular flexibility index (Phi) is 4.18. The highest BCUT2D eigenvalue weighted by Gasteiger charge is 2.11. The minimum atomic E-state index is -0.500. The molecule has 0 saturated carbocycles. The Morgan fingerprint density at radius 2 is 1.89 bits per heavy atom. The zero-order valence-corrected chi connectivity index (χ0v) is 11.9. The van der Waals surface area contributed by atoms with E-state index in [2.05, 4.69) is 27.3 Å². The first-order valence-corrected chi connectivity index (χ1v) is 6.57. The van der Waals surface area contributed by atoms with Crippen molar-refractivity contribution in [2.75, 3.05) is 5.32 Å². The standard InChI is InChI=1S/C15H12BrFN2/c1-10-8-11(2-7-14(10)17)15(9-18)19-13-5-3-12(16)4-6-13/h2-8,15,19H,1H3. The topological polar surface area (TPSA) is 35.8 Å². The number of aryl methyl sites for hydroxylation is 1. The summed E-state index contributed by atoms with van der Waals surface area (Å²) in [6.07, 6.45) is 0. The molecule has 0 heterocycles. The Bertz CT molecular complexity index is 617. The van der Waals surface area contributed by atoms with Crippen LogP contribution >= 0.6 is 15.9 Å². The van der Waals surface area contributed by atoms with Crippen LogP contribution in [0, 0.1) is 24.1 Å². The van der Waals surface area contributed by atoms with E-state index in [-0.39, 0.29) is 5.82 Å². The normalized spacial score (nSPS) is 11.7. The van der Waals surface area contributed by atoms with Crippen LogP contribution in [-0.2, 0) is 0 Å². The van der Waals surface area contributed by atoms with Crippen molar-refractivity contribution in [2.45, 2.75) is 13.0 Å². The molecule has 0 aliphatic heterocycles. The van der Waals surface area contributed by atoms with Gasteiger partial charge in [0.1, 0.15) is 11.9 Å². The molecule has 2 aromatic carbocycles. The van der Waals surface area contributed by atoms with Gasteiger partial charge in [-0.15, -0.1) is 0 Å². The van der Waals surface area contributed by atoms with Gasteiger partial charge in [-0.05, 0) is 48.4 Å². The fourth-order valence-electron chi connectivity index (χ4n) is 1.75. The number of halogens is 2. The SMILES string of the molecule is Cc1cc(C(C#N)Nc2ccc(Br)cc2)ccc1F. The van der Waals surface area contributed by atoms with Crippen LogP contribution in [0.1, 0.15) is 17.2 Å². The number of hydrogen-bond acceptors (Lipinski definition) is 2. The summed E-state index contributed by atoms with van der Waals surface area (Å²) in [6, 6.07) is 13.9. The predicted molar refractivity (Wildman–Crippen MR) is 77.3 cm³/mol. The Morgan fingerprint density at radius 3 is 2.47 bits per heavy atom. The van der Waals surface area contributed by atoms with E-state index in [0.29, 0.717) is 5.56 Å². The summed E-state index contributed by atoms with van der Waals surface area (Å²) < 4.78 is 14.2. The van der Waals surface area contributed by atoms with Crippen LogP contribution < -0.4 is 5.32 Å². The maximum absolute atomic E-state index is 13.2. The van der Waals surface area contributed by atoms with E-state index >= 15 is 0 Å². The van der Waals surface area contributed by atoms with Crippen LogP contribution in [0.2, 0.25) is 0 Å². The average molecular weight is 319 g/mol. The number of rotatable bonds is 3. The maximum Gasteiger partial charge on any atom is 0.140 e. The van der Waals surface area contributed by atoms with Crippen molar-refractivity contribution in [3.63, 3.8) is 0 Å². The summed E-state index contributed by atoms with van der Waals surface area (Å²) in [5, 5.41) is 12.4. The number of anilines is 1. The first-order chi connectivity index (χ1) is 9.10. The van der Waals surface area contributed by atoms with Crippen LogP contribution in [0.25, 0.3) is 0 Å². The lowest BCUT2D eigenvalue weighted by Crippen LogP contribution is -2.08. The Labute approximate surface area is 120 Å². The fourth-order valence-corrected chi connectivity index (χ4v) is 2.01. The minimum absolute atomic E-state index is 0.260. The van der Waals surface area contributed by atoms with E-state index in [0.717, 1.165) is 15.7 Å². The average Bonchev–Trinajstić information content (AvgIpc) is 2.41. The Morgan fingerprint density at radius 1 is 1.21 bits per heavy atom. The molecule has 4 heteroatoms. The summed E-state index contributed by atoms with van der Waals surface area (Å²) in [5.41, 5.74) is 2.14. The van der Waals surface area contributed by atoms with Gasteiger partial charge in [-0.3, -0.25) is 0 Å². The minimum Gasteiger partial charge on any atom is -0.366 e. The molecule has 0 aliphatic rings. The molecule has 0 amide bonds. The molecule has 2 nitrogen and oxygen atoms in total. The van der Waals surface area contributed by atoms with Gasteiger partial charge in [-0.1, -0.05) is 28.1 Å². The number of nitriles is 1. The van der Waals surface area contributed by atoms with E-state index in [1.54, 1.807) is 19.1 Å². The largest absolute Gasteiger partial charge is 0.366 e. The van der Waals surface area contributed by atoms with Crippen LogP contribution in [-0.4, -0.2) is 0 Å². The molecule has 19 heavy (non-hydrogen) atoms. The van der Waals surface area contributed by atoms with Gasteiger partial charge in [0.15, 0.2) is 0 Å². The maximum atomic E-state index is 13.2. The quantitative estimate of drug-likeness (QED) is 0.899. The third-order valence-corrected chi connectivity index (χ3v) is 3.33. The summed E-state index contributed by atoms with van der Waals surface area (Å²) in [4.78, 5) is 0. The molecular weight excluding hydrogens is 307 g/mol. The van der Waals surface area contributed by atoms with Gasteiger partial charge in [-0.2, -0.15) is 5.26 Å². The van der Waals surface area contributed by atoms with Gasteiger partial charge in [0, 0.05) is 10.2 Å². The first-order valence-electron chi connectivity index (χ1n) is 5.78. The van der Waals surface area contributed by atoms with E-state index in [1.807, 2.05) is 24.3 Å². The zero-order valence-electron chi connectivity index (χ0n) is 10.3. The predicted octanol–water partition coefficient (Wildman–Crippen LogP) is 4.57. The highest BCUT2D eigenvalue weighted by atomic mass is 79.9. The smallest absolute Gasteiger partial charge is 0.140 e. The summed E-state index contributed by atoms with van der Waals surface area (Å²) in [5.74, 6) is -0.260. The van der Waals surface area contributed by atoms with Crippen LogP contribution in [0.4, 0.5) is 10.1 Å². The fraction of sp³-hybridized carbons (Fsp3) is 0.133. The summed E-state index contributed by atoms with van der Waals surface area (Å²) >= 11 is 3.36. The van der Waals surface area contributed by atoms with Gasteiger partial charge < -0.3 is 5.32 Å². The molecule has 1 N–H and O–H groups in total. The van der Waals surface area contributed by atoms with Crippen LogP contribution in [0.5, 0.6) is 0 Å².